The van der Waals surface area contributed by atoms with Crippen molar-refractivity contribution < 1.29 is 24.8 Å². The smallest absolute Gasteiger partial charge is 0.0897 e. The number of hydrogen-bond acceptors (Lipinski definition) is 0. The molecule has 0 aliphatic carbocycles. The molecular formula is C3H5FPd. The molecule has 0 atom stereocenters. The summed E-state index contributed by atoms with van der Waals surface area (Å²) in [5, 5.41) is 0. The molecule has 5 heavy (non-hydrogen) atoms. The van der Waals surface area contributed by atoms with E-state index in [0.29, 0.717) is 0 Å². The molecule has 0 amide bonds. The minimum atomic E-state index is -0.333. The van der Waals surface area contributed by atoms with Gasteiger partial charge in [0.2, 0.25) is 0 Å². The molecule has 0 spiro atoms. The van der Waals surface area contributed by atoms with Gasteiger partial charge in [-0.2, -0.15) is 0 Å². The number of hydrogen-bond donors (Lipinski definition) is 0. The van der Waals surface area contributed by atoms with E-state index in [1.54, 1.807) is 0 Å². The Hall–Kier alpha value is 0.332. The Morgan fingerprint density at radius 3 is 1.80 bits per heavy atom. The Morgan fingerprint density at radius 1 is 1.80 bits per heavy atom. The molecule has 0 N–H and O–H groups in total. The monoisotopic (exact) mass is 166 g/mol. The van der Waals surface area contributed by atoms with Gasteiger partial charge in [0.05, 0.1) is 5.83 Å². The van der Waals surface area contributed by atoms with Crippen molar-refractivity contribution in [1.29, 1.82) is 0 Å². The van der Waals surface area contributed by atoms with E-state index in [-0.39, 0.29) is 26.2 Å². The van der Waals surface area contributed by atoms with Gasteiger partial charge >= 0.3 is 0 Å². The van der Waals surface area contributed by atoms with Crippen LogP contribution in [0.2, 0.25) is 0 Å². The summed E-state index contributed by atoms with van der Waals surface area (Å²) in [6, 6.07) is 0. The maximum atomic E-state index is 10.8. The Labute approximate surface area is 44.7 Å². The van der Waals surface area contributed by atoms with Crippen LogP contribution in [0.25, 0.3) is 0 Å². The third-order valence-corrected chi connectivity index (χ3v) is 0. The average Bonchev–Trinajstić information content (AvgIpc) is 0.811. The van der Waals surface area contributed by atoms with E-state index in [1.807, 2.05) is 0 Å². The van der Waals surface area contributed by atoms with Gasteiger partial charge < -0.3 is 0 Å². The largest absolute Gasteiger partial charge is 0.213 e. The zero-order chi connectivity index (χ0) is 3.58. The van der Waals surface area contributed by atoms with E-state index in [9.17, 15) is 4.39 Å². The molecule has 0 radical (unpaired) electrons. The molecule has 0 heterocycles. The first-order chi connectivity index (χ1) is 1.73. The maximum absolute atomic E-state index is 10.8. The maximum Gasteiger partial charge on any atom is 0.0897 e. The summed E-state index contributed by atoms with van der Waals surface area (Å²) in [6.07, 6.45) is 0. The van der Waals surface area contributed by atoms with Gasteiger partial charge in [0.15, 0.2) is 0 Å². The van der Waals surface area contributed by atoms with Crippen LogP contribution in [-0.2, 0) is 20.4 Å². The molecule has 0 fully saturated rings. The van der Waals surface area contributed by atoms with E-state index in [2.05, 4.69) is 6.58 Å². The number of rotatable bonds is 0. The Morgan fingerprint density at radius 2 is 1.80 bits per heavy atom. The summed E-state index contributed by atoms with van der Waals surface area (Å²) < 4.78 is 10.8. The van der Waals surface area contributed by atoms with Gasteiger partial charge in [-0.05, 0) is 6.92 Å². The molecule has 0 nitrogen and oxygen atoms in total. The molecule has 34 valence electrons. The van der Waals surface area contributed by atoms with Crippen LogP contribution in [0.5, 0.6) is 0 Å². The van der Waals surface area contributed by atoms with Gasteiger partial charge in [-0.3, -0.25) is 0 Å². The molecule has 0 aliphatic rings. The predicted molar refractivity (Wildman–Crippen MR) is 15.9 cm³/mol. The molecule has 0 rings (SSSR count). The van der Waals surface area contributed by atoms with Crippen LogP contribution in [0.4, 0.5) is 4.39 Å². The van der Waals surface area contributed by atoms with Gasteiger partial charge in [0.25, 0.3) is 0 Å². The zero-order valence-electron chi connectivity index (χ0n) is 2.90. The quantitative estimate of drug-likeness (QED) is 0.479. The molecule has 0 saturated heterocycles. The Balaban J connectivity index is 0. The molecule has 0 saturated carbocycles. The summed E-state index contributed by atoms with van der Waals surface area (Å²) >= 11 is 0. The molecule has 0 aromatic carbocycles. The minimum Gasteiger partial charge on any atom is -0.213 e. The first-order valence-electron chi connectivity index (χ1n) is 1.04. The van der Waals surface area contributed by atoms with Gasteiger partial charge in [0, 0.05) is 20.4 Å². The molecule has 2 heteroatoms. The second kappa shape index (κ2) is 4.33. The van der Waals surface area contributed by atoms with E-state index < -0.39 is 0 Å². The number of halogens is 1. The molecule has 0 aromatic rings. The third-order valence-electron chi connectivity index (χ3n) is 0. The molecule has 0 aliphatic heterocycles. The van der Waals surface area contributed by atoms with Crippen molar-refractivity contribution in [3.63, 3.8) is 0 Å². The second-order valence-electron chi connectivity index (χ2n) is 0.676. The van der Waals surface area contributed by atoms with Crippen molar-refractivity contribution in [1.82, 2.24) is 0 Å². The van der Waals surface area contributed by atoms with Crippen molar-refractivity contribution in [2.45, 2.75) is 6.92 Å². The summed E-state index contributed by atoms with van der Waals surface area (Å²) in [6.45, 7) is 4.19. The van der Waals surface area contributed by atoms with Crippen LogP contribution in [-0.4, -0.2) is 0 Å². The average molecular weight is 166 g/mol. The molecule has 0 aromatic heterocycles. The van der Waals surface area contributed by atoms with Crippen molar-refractivity contribution in [3.05, 3.63) is 12.4 Å². The van der Waals surface area contributed by atoms with Crippen LogP contribution in [0.1, 0.15) is 6.92 Å². The predicted octanol–water partition coefficient (Wildman–Crippen LogP) is 1.49. The van der Waals surface area contributed by atoms with Crippen LogP contribution in [0, 0.1) is 0 Å². The van der Waals surface area contributed by atoms with E-state index in [4.69, 9.17) is 0 Å². The Kier molecular flexibility index (Phi) is 7.81. The van der Waals surface area contributed by atoms with Crippen LogP contribution < -0.4 is 0 Å². The normalized spacial score (nSPS) is 5.20. The van der Waals surface area contributed by atoms with Crippen molar-refractivity contribution in [3.8, 4) is 0 Å². The summed E-state index contributed by atoms with van der Waals surface area (Å²) in [5.41, 5.74) is 0. The van der Waals surface area contributed by atoms with Gasteiger partial charge in [-0.15, -0.1) is 0 Å². The molecular weight excluding hydrogens is 161 g/mol. The van der Waals surface area contributed by atoms with Gasteiger partial charge in [-0.25, -0.2) is 4.39 Å². The summed E-state index contributed by atoms with van der Waals surface area (Å²) in [7, 11) is 0. The van der Waals surface area contributed by atoms with Crippen LogP contribution in [0.15, 0.2) is 12.4 Å². The fraction of sp³-hybridized carbons (Fsp3) is 0.333. The van der Waals surface area contributed by atoms with E-state index in [0.717, 1.165) is 0 Å². The van der Waals surface area contributed by atoms with Crippen molar-refractivity contribution in [2.24, 2.45) is 0 Å². The van der Waals surface area contributed by atoms with Gasteiger partial charge in [-0.1, -0.05) is 6.58 Å². The van der Waals surface area contributed by atoms with Crippen LogP contribution >= 0.6 is 0 Å². The molecule has 0 unspecified atom stereocenters. The topological polar surface area (TPSA) is 0 Å². The zero-order valence-corrected chi connectivity index (χ0v) is 4.46. The SMILES string of the molecule is C=C(C)F.[Pd]. The van der Waals surface area contributed by atoms with Crippen LogP contribution in [0.3, 0.4) is 0 Å². The second-order valence-corrected chi connectivity index (χ2v) is 0.676. The first kappa shape index (κ1) is 9.01. The van der Waals surface area contributed by atoms with E-state index in [1.165, 1.54) is 6.92 Å². The standard InChI is InChI=1S/C3H5F.Pd/c1-3(2)4;/h1H2,2H3;. The van der Waals surface area contributed by atoms with Gasteiger partial charge in [0.1, 0.15) is 0 Å². The fourth-order valence-electron chi connectivity index (χ4n) is 0. The summed E-state index contributed by atoms with van der Waals surface area (Å²) in [5.74, 6) is -0.333. The third kappa shape index (κ3) is 213. The Bertz CT molecular complexity index is 29.9. The van der Waals surface area contributed by atoms with E-state index >= 15 is 0 Å². The van der Waals surface area contributed by atoms with Crippen molar-refractivity contribution >= 4 is 0 Å². The summed E-state index contributed by atoms with van der Waals surface area (Å²) in [4.78, 5) is 0. The minimum absolute atomic E-state index is 0. The fourth-order valence-corrected chi connectivity index (χ4v) is 0. The molecule has 0 bridgehead atoms. The van der Waals surface area contributed by atoms with Crippen molar-refractivity contribution in [2.75, 3.05) is 0 Å². The number of allylic oxidation sites excluding steroid dienone is 1. The first-order valence-corrected chi connectivity index (χ1v) is 1.04.